The summed E-state index contributed by atoms with van der Waals surface area (Å²) < 4.78 is 0. The molecule has 0 atom stereocenters. The Kier molecular flexibility index (Phi) is 4.04. The van der Waals surface area contributed by atoms with Crippen LogP contribution in [0.5, 0.6) is 0 Å². The number of likely N-dealkylation sites (tertiary alicyclic amines) is 1. The molecule has 0 bridgehead atoms. The highest BCUT2D eigenvalue weighted by atomic mass is 16.4. The Morgan fingerprint density at radius 3 is 2.42 bits per heavy atom. The van der Waals surface area contributed by atoms with Crippen LogP contribution in [-0.4, -0.2) is 42.1 Å². The Bertz CT molecular complexity index is 481. The van der Waals surface area contributed by atoms with Gasteiger partial charge in [0.15, 0.2) is 0 Å². The van der Waals surface area contributed by atoms with E-state index in [1.54, 1.807) is 29.2 Å². The van der Waals surface area contributed by atoms with E-state index in [2.05, 4.69) is 0 Å². The molecular formula is C14H18N2O3. The zero-order chi connectivity index (χ0) is 13.8. The summed E-state index contributed by atoms with van der Waals surface area (Å²) in [7, 11) is 1.45. The van der Waals surface area contributed by atoms with E-state index >= 15 is 0 Å². The van der Waals surface area contributed by atoms with Gasteiger partial charge in [0.05, 0.1) is 11.3 Å². The monoisotopic (exact) mass is 262 g/mol. The average molecular weight is 262 g/mol. The normalized spacial score (nSPS) is 15.1. The van der Waals surface area contributed by atoms with Gasteiger partial charge in [-0.05, 0) is 31.4 Å². The first kappa shape index (κ1) is 13.4. The summed E-state index contributed by atoms with van der Waals surface area (Å²) >= 11 is 0. The molecule has 1 aliphatic heterocycles. The van der Waals surface area contributed by atoms with Crippen molar-refractivity contribution in [1.82, 2.24) is 4.90 Å². The maximum atomic E-state index is 12.5. The second-order valence-corrected chi connectivity index (χ2v) is 4.71. The molecule has 0 unspecified atom stereocenters. The lowest BCUT2D eigenvalue weighted by Gasteiger charge is -2.28. The second-order valence-electron chi connectivity index (χ2n) is 4.71. The molecule has 1 aromatic rings. The Morgan fingerprint density at radius 1 is 1.16 bits per heavy atom. The maximum Gasteiger partial charge on any atom is 0.411 e. The Morgan fingerprint density at radius 2 is 1.79 bits per heavy atom. The van der Waals surface area contributed by atoms with Crippen molar-refractivity contribution in [1.29, 1.82) is 0 Å². The lowest BCUT2D eigenvalue weighted by Crippen LogP contribution is -2.37. The molecule has 1 N–H and O–H groups in total. The molecule has 19 heavy (non-hydrogen) atoms. The molecule has 1 fully saturated rings. The van der Waals surface area contributed by atoms with Crippen LogP contribution < -0.4 is 4.90 Å². The molecule has 5 heteroatoms. The number of carbonyl (C=O) groups is 2. The van der Waals surface area contributed by atoms with Crippen LogP contribution in [0.2, 0.25) is 0 Å². The van der Waals surface area contributed by atoms with Gasteiger partial charge in [0, 0.05) is 20.1 Å². The lowest BCUT2D eigenvalue weighted by atomic mass is 10.1. The van der Waals surface area contributed by atoms with Crippen LogP contribution >= 0.6 is 0 Å². The van der Waals surface area contributed by atoms with Gasteiger partial charge in [-0.15, -0.1) is 0 Å². The van der Waals surface area contributed by atoms with Crippen molar-refractivity contribution in [2.75, 3.05) is 25.0 Å². The van der Waals surface area contributed by atoms with Crippen molar-refractivity contribution in [2.24, 2.45) is 0 Å². The van der Waals surface area contributed by atoms with Crippen molar-refractivity contribution in [3.8, 4) is 0 Å². The van der Waals surface area contributed by atoms with Crippen LogP contribution in [0.3, 0.4) is 0 Å². The summed E-state index contributed by atoms with van der Waals surface area (Å²) in [5, 5.41) is 9.05. The van der Waals surface area contributed by atoms with Gasteiger partial charge >= 0.3 is 6.09 Å². The van der Waals surface area contributed by atoms with Crippen molar-refractivity contribution in [2.45, 2.75) is 19.3 Å². The molecule has 5 nitrogen and oxygen atoms in total. The summed E-state index contributed by atoms with van der Waals surface area (Å²) in [6.07, 6.45) is 2.12. The molecule has 0 radical (unpaired) electrons. The number of hydrogen-bond donors (Lipinski definition) is 1. The molecule has 102 valence electrons. The number of para-hydroxylation sites is 1. The van der Waals surface area contributed by atoms with Crippen LogP contribution in [0.1, 0.15) is 29.6 Å². The van der Waals surface area contributed by atoms with Gasteiger partial charge in [-0.2, -0.15) is 0 Å². The Hall–Kier alpha value is -2.04. The third kappa shape index (κ3) is 2.86. The zero-order valence-electron chi connectivity index (χ0n) is 11.0. The molecule has 0 aromatic heterocycles. The molecule has 0 spiro atoms. The number of carbonyl (C=O) groups excluding carboxylic acids is 1. The fourth-order valence-corrected chi connectivity index (χ4v) is 2.32. The summed E-state index contributed by atoms with van der Waals surface area (Å²) in [4.78, 5) is 26.4. The van der Waals surface area contributed by atoms with Crippen LogP contribution in [0.4, 0.5) is 10.5 Å². The number of amides is 2. The van der Waals surface area contributed by atoms with Crippen molar-refractivity contribution in [3.05, 3.63) is 29.8 Å². The Labute approximate surface area is 112 Å². The number of rotatable bonds is 2. The topological polar surface area (TPSA) is 60.9 Å². The predicted molar refractivity (Wildman–Crippen MR) is 72.6 cm³/mol. The molecular weight excluding hydrogens is 244 g/mol. The van der Waals surface area contributed by atoms with E-state index in [-0.39, 0.29) is 5.91 Å². The quantitative estimate of drug-likeness (QED) is 0.890. The highest BCUT2D eigenvalue weighted by molar-refractivity contribution is 6.03. The van der Waals surface area contributed by atoms with Crippen LogP contribution in [0.25, 0.3) is 0 Å². The molecule has 2 rings (SSSR count). The van der Waals surface area contributed by atoms with Crippen LogP contribution in [-0.2, 0) is 0 Å². The first-order valence-electron chi connectivity index (χ1n) is 6.46. The summed E-state index contributed by atoms with van der Waals surface area (Å²) in [5.41, 5.74) is 0.889. The van der Waals surface area contributed by atoms with Gasteiger partial charge in [0.25, 0.3) is 5.91 Å². The first-order valence-corrected chi connectivity index (χ1v) is 6.46. The van der Waals surface area contributed by atoms with Gasteiger partial charge < -0.3 is 10.0 Å². The van der Waals surface area contributed by atoms with E-state index in [0.717, 1.165) is 37.3 Å². The molecule has 0 saturated carbocycles. The van der Waals surface area contributed by atoms with Crippen LogP contribution in [0, 0.1) is 0 Å². The maximum absolute atomic E-state index is 12.5. The summed E-state index contributed by atoms with van der Waals surface area (Å²) in [5.74, 6) is -0.0802. The number of hydrogen-bond acceptors (Lipinski definition) is 2. The minimum absolute atomic E-state index is 0.0802. The predicted octanol–water partition coefficient (Wildman–Crippen LogP) is 2.43. The second kappa shape index (κ2) is 5.73. The zero-order valence-corrected chi connectivity index (χ0v) is 11.0. The van der Waals surface area contributed by atoms with E-state index in [9.17, 15) is 9.59 Å². The SMILES string of the molecule is CN(C(=O)O)c1ccccc1C(=O)N1CCCCC1. The minimum Gasteiger partial charge on any atom is -0.465 e. The molecule has 1 saturated heterocycles. The third-order valence-corrected chi connectivity index (χ3v) is 3.43. The highest BCUT2D eigenvalue weighted by Crippen LogP contribution is 2.22. The number of carboxylic acid groups (broad SMARTS) is 1. The van der Waals surface area contributed by atoms with Crippen LogP contribution in [0.15, 0.2) is 24.3 Å². The van der Waals surface area contributed by atoms with E-state index in [1.165, 1.54) is 7.05 Å². The fourth-order valence-electron chi connectivity index (χ4n) is 2.32. The summed E-state index contributed by atoms with van der Waals surface area (Å²) in [6.45, 7) is 1.51. The van der Waals surface area contributed by atoms with Gasteiger partial charge in [-0.3, -0.25) is 9.69 Å². The molecule has 1 aromatic carbocycles. The molecule has 2 amide bonds. The molecule has 0 aliphatic carbocycles. The first-order chi connectivity index (χ1) is 9.11. The minimum atomic E-state index is -1.07. The number of piperidine rings is 1. The van der Waals surface area contributed by atoms with E-state index in [0.29, 0.717) is 11.3 Å². The van der Waals surface area contributed by atoms with E-state index in [1.807, 2.05) is 0 Å². The van der Waals surface area contributed by atoms with Crippen molar-refractivity contribution >= 4 is 17.7 Å². The summed E-state index contributed by atoms with van der Waals surface area (Å²) in [6, 6.07) is 6.84. The largest absolute Gasteiger partial charge is 0.465 e. The lowest BCUT2D eigenvalue weighted by molar-refractivity contribution is 0.0725. The van der Waals surface area contributed by atoms with Gasteiger partial charge in [0.2, 0.25) is 0 Å². The number of anilines is 1. The third-order valence-electron chi connectivity index (χ3n) is 3.43. The Balaban J connectivity index is 2.28. The van der Waals surface area contributed by atoms with Gasteiger partial charge in [-0.25, -0.2) is 4.79 Å². The number of benzene rings is 1. The standard InChI is InChI=1S/C14H18N2O3/c1-15(14(18)19)12-8-4-3-7-11(12)13(17)16-9-5-2-6-10-16/h3-4,7-8H,2,5-6,9-10H2,1H3,(H,18,19). The van der Waals surface area contributed by atoms with Gasteiger partial charge in [0.1, 0.15) is 0 Å². The highest BCUT2D eigenvalue weighted by Gasteiger charge is 2.23. The van der Waals surface area contributed by atoms with E-state index < -0.39 is 6.09 Å². The number of nitrogens with zero attached hydrogens (tertiary/aromatic N) is 2. The molecule has 1 heterocycles. The van der Waals surface area contributed by atoms with Crippen molar-refractivity contribution < 1.29 is 14.7 Å². The van der Waals surface area contributed by atoms with Crippen molar-refractivity contribution in [3.63, 3.8) is 0 Å². The van der Waals surface area contributed by atoms with Gasteiger partial charge in [-0.1, -0.05) is 12.1 Å². The van der Waals surface area contributed by atoms with E-state index in [4.69, 9.17) is 5.11 Å². The molecule has 1 aliphatic rings. The average Bonchev–Trinajstić information content (AvgIpc) is 2.46. The smallest absolute Gasteiger partial charge is 0.411 e. The fraction of sp³-hybridized carbons (Fsp3) is 0.429.